The van der Waals surface area contributed by atoms with Crippen molar-refractivity contribution in [1.82, 2.24) is 4.90 Å². The van der Waals surface area contributed by atoms with Crippen LogP contribution >= 0.6 is 0 Å². The lowest BCUT2D eigenvalue weighted by atomic mass is 10.2. The van der Waals surface area contributed by atoms with Crippen molar-refractivity contribution in [3.05, 3.63) is 34.4 Å². The minimum atomic E-state index is -0.710. The summed E-state index contributed by atoms with van der Waals surface area (Å²) < 4.78 is 0. The predicted octanol–water partition coefficient (Wildman–Crippen LogP) is 0.727. The first-order valence-corrected chi connectivity index (χ1v) is 6.31. The Morgan fingerprint density at radius 2 is 1.81 bits per heavy atom. The van der Waals surface area contributed by atoms with Crippen molar-refractivity contribution in [2.24, 2.45) is 5.73 Å². The van der Waals surface area contributed by atoms with Gasteiger partial charge >= 0.3 is 0 Å². The molecule has 0 heterocycles. The fraction of sp³-hybridized carbons (Fsp3) is 0.385. The van der Waals surface area contributed by atoms with Gasteiger partial charge in [0.05, 0.1) is 11.0 Å². The first kappa shape index (κ1) is 16.6. The Balaban J connectivity index is 2.72. The fourth-order valence-corrected chi connectivity index (χ4v) is 1.60. The van der Waals surface area contributed by atoms with Crippen LogP contribution in [0.3, 0.4) is 0 Å². The van der Waals surface area contributed by atoms with Gasteiger partial charge in [0, 0.05) is 24.9 Å². The van der Waals surface area contributed by atoms with Crippen LogP contribution in [0.5, 0.6) is 0 Å². The van der Waals surface area contributed by atoms with Gasteiger partial charge in [0.15, 0.2) is 0 Å². The summed E-state index contributed by atoms with van der Waals surface area (Å²) in [5, 5.41) is 13.1. The second-order valence-electron chi connectivity index (χ2n) is 4.71. The van der Waals surface area contributed by atoms with Gasteiger partial charge in [-0.1, -0.05) is 0 Å². The van der Waals surface area contributed by atoms with E-state index in [1.54, 1.807) is 13.8 Å². The van der Waals surface area contributed by atoms with E-state index in [1.807, 2.05) is 0 Å². The highest BCUT2D eigenvalue weighted by Gasteiger charge is 2.24. The molecule has 3 N–H and O–H groups in total. The number of carbonyl (C=O) groups excluding carboxylic acids is 2. The number of amides is 2. The third-order valence-corrected chi connectivity index (χ3v) is 3.04. The van der Waals surface area contributed by atoms with Gasteiger partial charge in [-0.2, -0.15) is 0 Å². The zero-order chi connectivity index (χ0) is 16.2. The van der Waals surface area contributed by atoms with E-state index in [0.29, 0.717) is 5.69 Å². The van der Waals surface area contributed by atoms with Crippen molar-refractivity contribution in [1.29, 1.82) is 0 Å². The number of hydrogen-bond acceptors (Lipinski definition) is 5. The average Bonchev–Trinajstić information content (AvgIpc) is 2.45. The van der Waals surface area contributed by atoms with Crippen LogP contribution in [0.4, 0.5) is 11.4 Å². The Morgan fingerprint density at radius 1 is 1.29 bits per heavy atom. The molecule has 21 heavy (non-hydrogen) atoms. The van der Waals surface area contributed by atoms with Gasteiger partial charge in [0.2, 0.25) is 11.8 Å². The number of anilines is 1. The van der Waals surface area contributed by atoms with Crippen LogP contribution in [0.15, 0.2) is 24.3 Å². The molecule has 0 aliphatic rings. The first-order chi connectivity index (χ1) is 9.73. The number of nitrogens with zero attached hydrogens (tertiary/aromatic N) is 2. The molecule has 114 valence electrons. The standard InChI is InChI=1S/C13H18N4O4/c1-8(14)13(19)16(3)9(2)12(18)15-10-4-6-11(7-5-10)17(20)21/h4-9H,14H2,1-3H3,(H,15,18)/t8-,9-/m0/s1. The Labute approximate surface area is 122 Å². The van der Waals surface area contributed by atoms with Crippen molar-refractivity contribution in [3.63, 3.8) is 0 Å². The quantitative estimate of drug-likeness (QED) is 0.613. The van der Waals surface area contributed by atoms with Crippen LogP contribution in [-0.2, 0) is 9.59 Å². The molecule has 0 bridgehead atoms. The number of likely N-dealkylation sites (N-methyl/N-ethyl adjacent to an activating group) is 1. The Morgan fingerprint density at radius 3 is 2.24 bits per heavy atom. The van der Waals surface area contributed by atoms with Crippen molar-refractivity contribution in [2.45, 2.75) is 25.9 Å². The second kappa shape index (κ2) is 6.80. The molecule has 2 amide bonds. The van der Waals surface area contributed by atoms with E-state index in [4.69, 9.17) is 5.73 Å². The Hall–Kier alpha value is -2.48. The number of benzene rings is 1. The van der Waals surface area contributed by atoms with Crippen LogP contribution in [0.25, 0.3) is 0 Å². The van der Waals surface area contributed by atoms with E-state index < -0.39 is 22.9 Å². The summed E-state index contributed by atoms with van der Waals surface area (Å²) >= 11 is 0. The summed E-state index contributed by atoms with van der Waals surface area (Å²) in [4.78, 5) is 35.0. The van der Waals surface area contributed by atoms with Gasteiger partial charge in [-0.15, -0.1) is 0 Å². The monoisotopic (exact) mass is 294 g/mol. The van der Waals surface area contributed by atoms with Crippen LogP contribution in [0.1, 0.15) is 13.8 Å². The highest BCUT2D eigenvalue weighted by Crippen LogP contribution is 2.16. The molecule has 0 aromatic heterocycles. The molecule has 0 saturated carbocycles. The van der Waals surface area contributed by atoms with Gasteiger partial charge in [0.1, 0.15) is 6.04 Å². The van der Waals surface area contributed by atoms with Crippen LogP contribution in [0.2, 0.25) is 0 Å². The van der Waals surface area contributed by atoms with Crippen LogP contribution in [0, 0.1) is 10.1 Å². The number of nitro benzene ring substituents is 1. The fourth-order valence-electron chi connectivity index (χ4n) is 1.60. The summed E-state index contributed by atoms with van der Waals surface area (Å²) in [6, 6.07) is 4.03. The maximum Gasteiger partial charge on any atom is 0.269 e. The van der Waals surface area contributed by atoms with Gasteiger partial charge in [0.25, 0.3) is 5.69 Å². The second-order valence-corrected chi connectivity index (χ2v) is 4.71. The van der Waals surface area contributed by atoms with Gasteiger partial charge in [-0.25, -0.2) is 0 Å². The molecule has 0 unspecified atom stereocenters. The van der Waals surface area contributed by atoms with Crippen molar-refractivity contribution in [2.75, 3.05) is 12.4 Å². The molecule has 1 aromatic rings. The number of carbonyl (C=O) groups is 2. The third-order valence-electron chi connectivity index (χ3n) is 3.04. The molecular formula is C13H18N4O4. The van der Waals surface area contributed by atoms with Gasteiger partial charge < -0.3 is 16.0 Å². The number of nitrogens with one attached hydrogen (secondary N) is 1. The SMILES string of the molecule is C[C@H](N)C(=O)N(C)[C@@H](C)C(=O)Nc1ccc([N+](=O)[O-])cc1. The molecule has 0 aliphatic heterocycles. The van der Waals surface area contributed by atoms with Crippen molar-refractivity contribution in [3.8, 4) is 0 Å². The Bertz CT molecular complexity index is 542. The predicted molar refractivity (Wildman–Crippen MR) is 77.6 cm³/mol. The highest BCUT2D eigenvalue weighted by atomic mass is 16.6. The van der Waals surface area contributed by atoms with E-state index in [1.165, 1.54) is 36.2 Å². The maximum absolute atomic E-state index is 12.0. The molecule has 1 aromatic carbocycles. The number of non-ortho nitro benzene ring substituents is 1. The topological polar surface area (TPSA) is 119 Å². The lowest BCUT2D eigenvalue weighted by molar-refractivity contribution is -0.384. The largest absolute Gasteiger partial charge is 0.333 e. The van der Waals surface area contributed by atoms with Crippen molar-refractivity contribution >= 4 is 23.2 Å². The minimum absolute atomic E-state index is 0.0645. The van der Waals surface area contributed by atoms with Gasteiger partial charge in [-0.3, -0.25) is 19.7 Å². The molecule has 8 nitrogen and oxygen atoms in total. The van der Waals surface area contributed by atoms with Crippen LogP contribution < -0.4 is 11.1 Å². The number of hydrogen-bond donors (Lipinski definition) is 2. The zero-order valence-electron chi connectivity index (χ0n) is 12.1. The molecule has 0 fully saturated rings. The van der Waals surface area contributed by atoms with E-state index in [-0.39, 0.29) is 11.6 Å². The highest BCUT2D eigenvalue weighted by molar-refractivity contribution is 5.97. The molecule has 2 atom stereocenters. The summed E-state index contributed by atoms with van der Waals surface area (Å²) in [7, 11) is 1.49. The van der Waals surface area contributed by atoms with E-state index >= 15 is 0 Å². The number of nitro groups is 1. The normalized spacial score (nSPS) is 13.1. The lowest BCUT2D eigenvalue weighted by Crippen LogP contribution is -2.48. The first-order valence-electron chi connectivity index (χ1n) is 6.31. The summed E-state index contributed by atoms with van der Waals surface area (Å²) in [6.07, 6.45) is 0. The lowest BCUT2D eigenvalue weighted by Gasteiger charge is -2.25. The summed E-state index contributed by atoms with van der Waals surface area (Å²) in [5.41, 5.74) is 5.84. The molecule has 0 aliphatic carbocycles. The average molecular weight is 294 g/mol. The molecule has 0 radical (unpaired) electrons. The summed E-state index contributed by atoms with van der Waals surface area (Å²) in [5.74, 6) is -0.748. The maximum atomic E-state index is 12.0. The van der Waals surface area contributed by atoms with Crippen LogP contribution in [-0.4, -0.2) is 40.8 Å². The smallest absolute Gasteiger partial charge is 0.269 e. The molecular weight excluding hydrogens is 276 g/mol. The van der Waals surface area contributed by atoms with E-state index in [2.05, 4.69) is 5.32 Å². The molecule has 0 spiro atoms. The number of rotatable bonds is 5. The zero-order valence-corrected chi connectivity index (χ0v) is 12.1. The Kier molecular flexibility index (Phi) is 5.37. The van der Waals surface area contributed by atoms with E-state index in [0.717, 1.165) is 0 Å². The third kappa shape index (κ3) is 4.25. The summed E-state index contributed by atoms with van der Waals surface area (Å²) in [6.45, 7) is 3.11. The molecule has 8 heteroatoms. The minimum Gasteiger partial charge on any atom is -0.333 e. The molecule has 0 saturated heterocycles. The molecule has 1 rings (SSSR count). The van der Waals surface area contributed by atoms with Crippen molar-refractivity contribution < 1.29 is 14.5 Å². The van der Waals surface area contributed by atoms with Gasteiger partial charge in [-0.05, 0) is 26.0 Å². The van der Waals surface area contributed by atoms with E-state index in [9.17, 15) is 19.7 Å². The number of nitrogens with two attached hydrogens (primary N) is 1.